The van der Waals surface area contributed by atoms with Crippen LogP contribution in [0.5, 0.6) is 0 Å². The number of carbonyl (C=O) groups excluding carboxylic acids is 1. The molecule has 1 fully saturated rings. The molecule has 1 saturated carbocycles. The monoisotopic (exact) mass is 411 g/mol. The fourth-order valence-corrected chi connectivity index (χ4v) is 4.53. The highest BCUT2D eigenvalue weighted by Crippen LogP contribution is 2.31. The van der Waals surface area contributed by atoms with E-state index in [-0.39, 0.29) is 11.4 Å². The molecule has 2 N–H and O–H groups in total. The Labute approximate surface area is 175 Å². The SMILES string of the molecule is CNC1(CNC(=O)c2cn(-c3ncccn3)c3cccc(Cl)c23)CCCCCC1. The molecule has 0 atom stereocenters. The lowest BCUT2D eigenvalue weighted by atomic mass is 9.90. The zero-order valence-corrected chi connectivity index (χ0v) is 17.4. The number of carbonyl (C=O) groups is 1. The first kappa shape index (κ1) is 19.9. The number of nitrogens with one attached hydrogen (secondary N) is 2. The average Bonchev–Trinajstić information content (AvgIpc) is 2.99. The third-order valence-corrected chi connectivity index (χ3v) is 6.28. The van der Waals surface area contributed by atoms with Crippen molar-refractivity contribution in [3.8, 4) is 5.95 Å². The number of benzene rings is 1. The molecule has 0 unspecified atom stereocenters. The minimum absolute atomic E-state index is 0.0448. The van der Waals surface area contributed by atoms with Crippen LogP contribution in [0.1, 0.15) is 48.9 Å². The third-order valence-electron chi connectivity index (χ3n) is 5.97. The fourth-order valence-electron chi connectivity index (χ4n) is 4.26. The van der Waals surface area contributed by atoms with Crippen LogP contribution in [0.2, 0.25) is 5.02 Å². The van der Waals surface area contributed by atoms with Crippen LogP contribution in [0.4, 0.5) is 0 Å². The van der Waals surface area contributed by atoms with Crippen molar-refractivity contribution < 1.29 is 4.79 Å². The summed E-state index contributed by atoms with van der Waals surface area (Å²) in [6.45, 7) is 0.599. The first-order chi connectivity index (χ1) is 14.1. The number of aromatic nitrogens is 3. The molecule has 1 aliphatic carbocycles. The van der Waals surface area contributed by atoms with Crippen LogP contribution in [-0.2, 0) is 0 Å². The molecular weight excluding hydrogens is 386 g/mol. The Bertz CT molecular complexity index is 993. The predicted octanol–water partition coefficient (Wildman–Crippen LogP) is 4.12. The molecule has 2 aromatic heterocycles. The predicted molar refractivity (Wildman–Crippen MR) is 116 cm³/mol. The van der Waals surface area contributed by atoms with Gasteiger partial charge >= 0.3 is 0 Å². The minimum atomic E-state index is -0.128. The molecule has 0 saturated heterocycles. The van der Waals surface area contributed by atoms with Crippen molar-refractivity contribution in [1.29, 1.82) is 0 Å². The molecule has 0 bridgehead atoms. The van der Waals surface area contributed by atoms with E-state index in [1.807, 2.05) is 23.7 Å². The number of hydrogen-bond donors (Lipinski definition) is 2. The second-order valence-electron chi connectivity index (χ2n) is 7.72. The summed E-state index contributed by atoms with van der Waals surface area (Å²) in [5.74, 6) is 0.380. The van der Waals surface area contributed by atoms with E-state index >= 15 is 0 Å². The maximum atomic E-state index is 13.2. The maximum absolute atomic E-state index is 13.2. The van der Waals surface area contributed by atoms with Crippen LogP contribution >= 0.6 is 11.6 Å². The zero-order chi connectivity index (χ0) is 20.3. The van der Waals surface area contributed by atoms with E-state index in [4.69, 9.17) is 11.6 Å². The van der Waals surface area contributed by atoms with Crippen molar-refractivity contribution in [1.82, 2.24) is 25.2 Å². The maximum Gasteiger partial charge on any atom is 0.253 e. The molecule has 1 aliphatic rings. The number of likely N-dealkylation sites (N-methyl/N-ethyl adjacent to an activating group) is 1. The molecule has 6 nitrogen and oxygen atoms in total. The summed E-state index contributed by atoms with van der Waals surface area (Å²) < 4.78 is 1.82. The van der Waals surface area contributed by atoms with Gasteiger partial charge < -0.3 is 10.6 Å². The molecular formula is C22H26ClN5O. The van der Waals surface area contributed by atoms with E-state index in [1.54, 1.807) is 30.7 Å². The number of fused-ring (bicyclic) bond motifs is 1. The van der Waals surface area contributed by atoms with Crippen LogP contribution in [0, 0.1) is 0 Å². The van der Waals surface area contributed by atoms with Crippen molar-refractivity contribution in [2.24, 2.45) is 0 Å². The van der Waals surface area contributed by atoms with Crippen LogP contribution in [-0.4, -0.2) is 39.6 Å². The normalized spacial score (nSPS) is 16.5. The van der Waals surface area contributed by atoms with Crippen molar-refractivity contribution in [3.05, 3.63) is 53.4 Å². The standard InChI is InChI=1S/C22H26ClN5O/c1-24-22(10-4-2-3-5-11-22)15-27-20(29)16-14-28(21-25-12-7-13-26-21)18-9-6-8-17(23)19(16)18/h6-9,12-14,24H,2-5,10-11,15H2,1H3,(H,27,29). The van der Waals surface area contributed by atoms with Gasteiger partial charge in [-0.05, 0) is 38.1 Å². The molecule has 0 aliphatic heterocycles. The second kappa shape index (κ2) is 8.51. The average molecular weight is 412 g/mol. The lowest BCUT2D eigenvalue weighted by molar-refractivity contribution is 0.0938. The van der Waals surface area contributed by atoms with Gasteiger partial charge in [0.25, 0.3) is 5.91 Å². The van der Waals surface area contributed by atoms with Gasteiger partial charge in [0.1, 0.15) is 0 Å². The molecule has 2 heterocycles. The number of rotatable bonds is 5. The van der Waals surface area contributed by atoms with E-state index < -0.39 is 0 Å². The van der Waals surface area contributed by atoms with Gasteiger partial charge in [-0.25, -0.2) is 9.97 Å². The third kappa shape index (κ3) is 4.00. The Morgan fingerprint density at radius 1 is 1.14 bits per heavy atom. The molecule has 1 amide bonds. The van der Waals surface area contributed by atoms with Crippen LogP contribution in [0.3, 0.4) is 0 Å². The summed E-state index contributed by atoms with van der Waals surface area (Å²) >= 11 is 6.49. The van der Waals surface area contributed by atoms with Crippen LogP contribution in [0.25, 0.3) is 16.9 Å². The van der Waals surface area contributed by atoms with Gasteiger partial charge in [0.2, 0.25) is 5.95 Å². The first-order valence-corrected chi connectivity index (χ1v) is 10.6. The lowest BCUT2D eigenvalue weighted by Gasteiger charge is -2.32. The topological polar surface area (TPSA) is 71.8 Å². The fraction of sp³-hybridized carbons (Fsp3) is 0.409. The molecule has 7 heteroatoms. The molecule has 29 heavy (non-hydrogen) atoms. The van der Waals surface area contributed by atoms with Gasteiger partial charge in [-0.3, -0.25) is 9.36 Å². The molecule has 3 aromatic rings. The Kier molecular flexibility index (Phi) is 5.83. The largest absolute Gasteiger partial charge is 0.350 e. The molecule has 4 rings (SSSR count). The summed E-state index contributed by atoms with van der Waals surface area (Å²) in [4.78, 5) is 21.8. The Hall–Kier alpha value is -2.44. The van der Waals surface area contributed by atoms with Gasteiger partial charge in [0, 0.05) is 36.1 Å². The number of halogens is 1. The Morgan fingerprint density at radius 3 is 2.55 bits per heavy atom. The van der Waals surface area contributed by atoms with Gasteiger partial charge in [-0.1, -0.05) is 43.4 Å². The van der Waals surface area contributed by atoms with Crippen molar-refractivity contribution in [2.45, 2.75) is 44.1 Å². The van der Waals surface area contributed by atoms with E-state index in [2.05, 4.69) is 20.6 Å². The van der Waals surface area contributed by atoms with E-state index in [1.165, 1.54) is 25.7 Å². The van der Waals surface area contributed by atoms with E-state index in [0.29, 0.717) is 23.1 Å². The number of hydrogen-bond acceptors (Lipinski definition) is 4. The van der Waals surface area contributed by atoms with E-state index in [9.17, 15) is 4.79 Å². The summed E-state index contributed by atoms with van der Waals surface area (Å²) in [5, 5.41) is 7.90. The second-order valence-corrected chi connectivity index (χ2v) is 8.13. The highest BCUT2D eigenvalue weighted by molar-refractivity contribution is 6.37. The molecule has 152 valence electrons. The summed E-state index contributed by atoms with van der Waals surface area (Å²) in [7, 11) is 1.99. The van der Waals surface area contributed by atoms with Crippen molar-refractivity contribution in [2.75, 3.05) is 13.6 Å². The summed E-state index contributed by atoms with van der Waals surface area (Å²) in [6, 6.07) is 7.36. The Morgan fingerprint density at radius 2 is 1.86 bits per heavy atom. The van der Waals surface area contributed by atoms with Crippen LogP contribution in [0.15, 0.2) is 42.9 Å². The molecule has 1 aromatic carbocycles. The highest BCUT2D eigenvalue weighted by Gasteiger charge is 2.30. The lowest BCUT2D eigenvalue weighted by Crippen LogP contribution is -2.51. The smallest absolute Gasteiger partial charge is 0.253 e. The van der Waals surface area contributed by atoms with Crippen molar-refractivity contribution in [3.63, 3.8) is 0 Å². The zero-order valence-electron chi connectivity index (χ0n) is 16.6. The van der Waals surface area contributed by atoms with E-state index in [0.717, 1.165) is 23.7 Å². The number of amides is 1. The van der Waals surface area contributed by atoms with Crippen molar-refractivity contribution >= 4 is 28.4 Å². The number of nitrogens with zero attached hydrogens (tertiary/aromatic N) is 3. The van der Waals surface area contributed by atoms with Gasteiger partial charge in [0.15, 0.2) is 0 Å². The van der Waals surface area contributed by atoms with Gasteiger partial charge in [0.05, 0.1) is 16.1 Å². The van der Waals surface area contributed by atoms with Gasteiger partial charge in [-0.15, -0.1) is 0 Å². The summed E-state index contributed by atoms with van der Waals surface area (Å²) in [6.07, 6.45) is 12.2. The van der Waals surface area contributed by atoms with Crippen LogP contribution < -0.4 is 10.6 Å². The Balaban J connectivity index is 1.66. The van der Waals surface area contributed by atoms with Gasteiger partial charge in [-0.2, -0.15) is 0 Å². The minimum Gasteiger partial charge on any atom is -0.350 e. The molecule has 0 spiro atoms. The highest BCUT2D eigenvalue weighted by atomic mass is 35.5. The quantitative estimate of drug-likeness (QED) is 0.619. The first-order valence-electron chi connectivity index (χ1n) is 10.2. The molecule has 0 radical (unpaired) electrons. The summed E-state index contributed by atoms with van der Waals surface area (Å²) in [5.41, 5.74) is 1.31.